The predicted molar refractivity (Wildman–Crippen MR) is 58.9 cm³/mol. The van der Waals surface area contributed by atoms with Crippen LogP contribution < -0.4 is 0 Å². The maximum absolute atomic E-state index is 10.7. The minimum Gasteiger partial charge on any atom is -0.477 e. The molecule has 0 saturated heterocycles. The Balaban J connectivity index is 3.35. The van der Waals surface area contributed by atoms with E-state index in [1.54, 1.807) is 6.07 Å². The van der Waals surface area contributed by atoms with E-state index in [4.69, 9.17) is 10.4 Å². The summed E-state index contributed by atoms with van der Waals surface area (Å²) in [6.07, 6.45) is 0. The molecule has 6 nitrogen and oxygen atoms in total. The lowest BCUT2D eigenvalue weighted by molar-refractivity contribution is -0.384. The Labute approximate surface area is 96.6 Å². The SMILES string of the molecule is C/C(=C(/C#N)C(=O)O)c1cccc([N+](=O)[O-])c1. The van der Waals surface area contributed by atoms with Gasteiger partial charge in [-0.2, -0.15) is 5.26 Å². The first-order valence-corrected chi connectivity index (χ1v) is 4.56. The van der Waals surface area contributed by atoms with Gasteiger partial charge in [0.2, 0.25) is 0 Å². The van der Waals surface area contributed by atoms with Crippen molar-refractivity contribution >= 4 is 17.2 Å². The van der Waals surface area contributed by atoms with E-state index in [2.05, 4.69) is 0 Å². The van der Waals surface area contributed by atoms with Crippen LogP contribution in [-0.4, -0.2) is 16.0 Å². The maximum atomic E-state index is 10.7. The Morgan fingerprint density at radius 3 is 2.65 bits per heavy atom. The third-order valence-electron chi connectivity index (χ3n) is 2.19. The molecule has 1 aromatic carbocycles. The number of carboxylic acids is 1. The normalized spacial score (nSPS) is 11.3. The zero-order valence-electron chi connectivity index (χ0n) is 8.88. The highest BCUT2D eigenvalue weighted by Gasteiger charge is 2.14. The van der Waals surface area contributed by atoms with Crippen LogP contribution in [0.1, 0.15) is 12.5 Å². The molecule has 0 heterocycles. The van der Waals surface area contributed by atoms with Gasteiger partial charge in [-0.3, -0.25) is 10.1 Å². The molecule has 0 radical (unpaired) electrons. The van der Waals surface area contributed by atoms with Crippen molar-refractivity contribution < 1.29 is 14.8 Å². The van der Waals surface area contributed by atoms with Gasteiger partial charge < -0.3 is 5.11 Å². The van der Waals surface area contributed by atoms with Crippen molar-refractivity contribution in [3.05, 3.63) is 45.5 Å². The first kappa shape index (κ1) is 12.4. The van der Waals surface area contributed by atoms with Crippen LogP contribution in [-0.2, 0) is 4.79 Å². The largest absolute Gasteiger partial charge is 0.477 e. The number of hydrogen-bond acceptors (Lipinski definition) is 4. The number of nitro groups is 1. The summed E-state index contributed by atoms with van der Waals surface area (Å²) in [5.41, 5.74) is -0.0307. The molecule has 0 aliphatic rings. The van der Waals surface area contributed by atoms with Crippen LogP contribution in [0.3, 0.4) is 0 Å². The molecule has 0 spiro atoms. The summed E-state index contributed by atoms with van der Waals surface area (Å²) in [4.78, 5) is 20.7. The number of rotatable bonds is 3. The Morgan fingerprint density at radius 2 is 2.18 bits per heavy atom. The highest BCUT2D eigenvalue weighted by molar-refractivity contribution is 6.00. The molecular weight excluding hydrogens is 224 g/mol. The molecule has 0 saturated carbocycles. The van der Waals surface area contributed by atoms with E-state index < -0.39 is 16.5 Å². The number of benzene rings is 1. The molecule has 17 heavy (non-hydrogen) atoms. The Bertz CT molecular complexity index is 555. The summed E-state index contributed by atoms with van der Waals surface area (Å²) in [6.45, 7) is 1.44. The predicted octanol–water partition coefficient (Wildman–Crippen LogP) is 1.98. The highest BCUT2D eigenvalue weighted by atomic mass is 16.6. The van der Waals surface area contributed by atoms with Gasteiger partial charge in [0.25, 0.3) is 5.69 Å². The Hall–Kier alpha value is -2.68. The van der Waals surface area contributed by atoms with E-state index in [9.17, 15) is 14.9 Å². The molecular formula is C11H8N2O4. The van der Waals surface area contributed by atoms with Gasteiger partial charge in [0.1, 0.15) is 11.6 Å². The van der Waals surface area contributed by atoms with Crippen LogP contribution in [0.4, 0.5) is 5.69 Å². The van der Waals surface area contributed by atoms with Crippen LogP contribution in [0.5, 0.6) is 0 Å². The van der Waals surface area contributed by atoms with Gasteiger partial charge >= 0.3 is 5.97 Å². The standard InChI is InChI=1S/C11H8N2O4/c1-7(10(6-12)11(14)15)8-3-2-4-9(5-8)13(16)17/h2-5H,1H3,(H,14,15)/b10-7+. The number of nitriles is 1. The highest BCUT2D eigenvalue weighted by Crippen LogP contribution is 2.22. The van der Waals surface area contributed by atoms with Gasteiger partial charge in [-0.05, 0) is 18.1 Å². The van der Waals surface area contributed by atoms with Gasteiger partial charge in [0.05, 0.1) is 4.92 Å². The Morgan fingerprint density at radius 1 is 1.53 bits per heavy atom. The van der Waals surface area contributed by atoms with E-state index >= 15 is 0 Å². The van der Waals surface area contributed by atoms with Crippen molar-refractivity contribution in [2.75, 3.05) is 0 Å². The third kappa shape index (κ3) is 2.66. The van der Waals surface area contributed by atoms with Crippen molar-refractivity contribution in [1.82, 2.24) is 0 Å². The van der Waals surface area contributed by atoms with Crippen molar-refractivity contribution in [3.63, 3.8) is 0 Å². The van der Waals surface area contributed by atoms with Crippen LogP contribution in [0.2, 0.25) is 0 Å². The van der Waals surface area contributed by atoms with Gasteiger partial charge in [-0.25, -0.2) is 4.79 Å². The number of allylic oxidation sites excluding steroid dienone is 1. The first-order valence-electron chi connectivity index (χ1n) is 4.56. The van der Waals surface area contributed by atoms with Crippen LogP contribution >= 0.6 is 0 Å². The molecule has 0 fully saturated rings. The lowest BCUT2D eigenvalue weighted by Crippen LogP contribution is -2.01. The van der Waals surface area contributed by atoms with Crippen molar-refractivity contribution in [1.29, 1.82) is 5.26 Å². The smallest absolute Gasteiger partial charge is 0.346 e. The molecule has 1 rings (SSSR count). The molecule has 6 heteroatoms. The number of carbonyl (C=O) groups is 1. The zero-order chi connectivity index (χ0) is 13.0. The Kier molecular flexibility index (Phi) is 3.57. The number of nitro benzene ring substituents is 1. The second-order valence-corrected chi connectivity index (χ2v) is 3.22. The number of carboxylic acid groups (broad SMARTS) is 1. The molecule has 0 aromatic heterocycles. The second-order valence-electron chi connectivity index (χ2n) is 3.22. The molecule has 0 unspecified atom stereocenters. The molecule has 1 N–H and O–H groups in total. The molecule has 0 aliphatic carbocycles. The van der Waals surface area contributed by atoms with E-state index in [0.717, 1.165) is 0 Å². The van der Waals surface area contributed by atoms with Crippen LogP contribution in [0.25, 0.3) is 5.57 Å². The second kappa shape index (κ2) is 4.90. The molecule has 0 amide bonds. The van der Waals surface area contributed by atoms with E-state index in [0.29, 0.717) is 5.56 Å². The molecule has 0 aliphatic heterocycles. The fourth-order valence-electron chi connectivity index (χ4n) is 1.29. The maximum Gasteiger partial charge on any atom is 0.346 e. The van der Waals surface area contributed by atoms with Gasteiger partial charge in [-0.1, -0.05) is 12.1 Å². The van der Waals surface area contributed by atoms with Gasteiger partial charge in [0.15, 0.2) is 0 Å². The van der Waals surface area contributed by atoms with Gasteiger partial charge in [0, 0.05) is 12.1 Å². The average molecular weight is 232 g/mol. The summed E-state index contributed by atoms with van der Waals surface area (Å²) < 4.78 is 0. The van der Waals surface area contributed by atoms with E-state index in [-0.39, 0.29) is 11.3 Å². The lowest BCUT2D eigenvalue weighted by Gasteiger charge is -2.02. The molecule has 1 aromatic rings. The fraction of sp³-hybridized carbons (Fsp3) is 0.0909. The van der Waals surface area contributed by atoms with E-state index in [1.807, 2.05) is 0 Å². The summed E-state index contributed by atoms with van der Waals surface area (Å²) in [6, 6.07) is 7.04. The fourth-order valence-corrected chi connectivity index (χ4v) is 1.29. The van der Waals surface area contributed by atoms with Gasteiger partial charge in [-0.15, -0.1) is 0 Å². The number of hydrogen-bond donors (Lipinski definition) is 1. The average Bonchev–Trinajstić information content (AvgIpc) is 2.29. The molecule has 86 valence electrons. The van der Waals surface area contributed by atoms with Crippen molar-refractivity contribution in [2.45, 2.75) is 6.92 Å². The minimum atomic E-state index is -1.35. The summed E-state index contributed by atoms with van der Waals surface area (Å²) in [5.74, 6) is -1.35. The van der Waals surface area contributed by atoms with Crippen molar-refractivity contribution in [3.8, 4) is 6.07 Å². The summed E-state index contributed by atoms with van der Waals surface area (Å²) >= 11 is 0. The lowest BCUT2D eigenvalue weighted by atomic mass is 10.0. The van der Waals surface area contributed by atoms with Crippen LogP contribution in [0, 0.1) is 21.4 Å². The minimum absolute atomic E-state index is 0.149. The zero-order valence-corrected chi connectivity index (χ0v) is 8.88. The number of aliphatic carboxylic acids is 1. The third-order valence-corrected chi connectivity index (χ3v) is 2.19. The monoisotopic (exact) mass is 232 g/mol. The van der Waals surface area contributed by atoms with Crippen molar-refractivity contribution in [2.24, 2.45) is 0 Å². The summed E-state index contributed by atoms with van der Waals surface area (Å²) in [7, 11) is 0. The van der Waals surface area contributed by atoms with Crippen LogP contribution in [0.15, 0.2) is 29.8 Å². The number of nitrogens with zero attached hydrogens (tertiary/aromatic N) is 2. The first-order chi connectivity index (χ1) is 7.97. The quantitative estimate of drug-likeness (QED) is 0.371. The topological polar surface area (TPSA) is 104 Å². The molecule has 0 bridgehead atoms. The molecule has 0 atom stereocenters. The number of non-ortho nitro benzene ring substituents is 1. The van der Waals surface area contributed by atoms with E-state index in [1.165, 1.54) is 31.2 Å². The summed E-state index contributed by atoms with van der Waals surface area (Å²) in [5, 5.41) is 28.0.